The standard InChI is InChI=1S/C32H39N/c1-30(2,3)24-19-25(31(4,5)6)21-27(20-24)33(32(7,8)9)26-16-17-29-23(18-26)15-14-22-12-10-11-13-28(22)29/h10-21H,1-9H3. The minimum atomic E-state index is -0.0732. The molecule has 0 saturated carbocycles. The lowest BCUT2D eigenvalue weighted by molar-refractivity contribution is 0.549. The van der Waals surface area contributed by atoms with Crippen LogP contribution in [-0.2, 0) is 10.8 Å². The van der Waals surface area contributed by atoms with E-state index in [4.69, 9.17) is 0 Å². The minimum absolute atomic E-state index is 0.0732. The second kappa shape index (κ2) is 7.90. The smallest absolute Gasteiger partial charge is 0.0422 e. The summed E-state index contributed by atoms with van der Waals surface area (Å²) in [5.41, 5.74) is 5.35. The summed E-state index contributed by atoms with van der Waals surface area (Å²) in [5, 5.41) is 5.19. The number of hydrogen-bond acceptors (Lipinski definition) is 1. The summed E-state index contributed by atoms with van der Waals surface area (Å²) in [6, 6.07) is 27.3. The van der Waals surface area contributed by atoms with Crippen molar-refractivity contribution in [3.05, 3.63) is 83.9 Å². The Morgan fingerprint density at radius 3 is 1.61 bits per heavy atom. The molecule has 172 valence electrons. The van der Waals surface area contributed by atoms with Crippen LogP contribution in [0.1, 0.15) is 73.4 Å². The van der Waals surface area contributed by atoms with E-state index >= 15 is 0 Å². The first-order chi connectivity index (χ1) is 15.2. The maximum absolute atomic E-state index is 2.51. The molecule has 4 rings (SSSR count). The first-order valence-electron chi connectivity index (χ1n) is 12.1. The van der Waals surface area contributed by atoms with Crippen molar-refractivity contribution in [3.63, 3.8) is 0 Å². The van der Waals surface area contributed by atoms with Crippen LogP contribution in [0.4, 0.5) is 11.4 Å². The van der Waals surface area contributed by atoms with Crippen molar-refractivity contribution in [2.45, 2.75) is 78.7 Å². The minimum Gasteiger partial charge on any atom is -0.336 e. The summed E-state index contributed by atoms with van der Waals surface area (Å²) in [5.74, 6) is 0. The lowest BCUT2D eigenvalue weighted by Gasteiger charge is -2.39. The first kappa shape index (κ1) is 23.4. The van der Waals surface area contributed by atoms with Crippen LogP contribution in [0.2, 0.25) is 0 Å². The predicted octanol–water partition coefficient (Wildman–Crippen LogP) is 9.52. The number of benzene rings is 4. The Kier molecular flexibility index (Phi) is 5.60. The van der Waals surface area contributed by atoms with E-state index in [1.54, 1.807) is 0 Å². The maximum atomic E-state index is 2.51. The van der Waals surface area contributed by atoms with Gasteiger partial charge in [0.25, 0.3) is 0 Å². The van der Waals surface area contributed by atoms with Gasteiger partial charge in [-0.1, -0.05) is 90.1 Å². The van der Waals surface area contributed by atoms with Gasteiger partial charge in [-0.15, -0.1) is 0 Å². The van der Waals surface area contributed by atoms with Gasteiger partial charge in [-0.3, -0.25) is 0 Å². The molecule has 1 heteroatoms. The molecular formula is C32H39N. The molecule has 0 aliphatic rings. The van der Waals surface area contributed by atoms with Crippen molar-refractivity contribution in [3.8, 4) is 0 Å². The molecule has 0 unspecified atom stereocenters. The zero-order valence-electron chi connectivity index (χ0n) is 21.9. The van der Waals surface area contributed by atoms with E-state index in [2.05, 4.69) is 140 Å². The van der Waals surface area contributed by atoms with Gasteiger partial charge in [-0.05, 0) is 88.5 Å². The van der Waals surface area contributed by atoms with E-state index in [0.717, 1.165) is 0 Å². The molecule has 0 spiro atoms. The summed E-state index contributed by atoms with van der Waals surface area (Å²) in [6.07, 6.45) is 0. The molecule has 0 saturated heterocycles. The van der Waals surface area contributed by atoms with E-state index < -0.39 is 0 Å². The molecule has 0 radical (unpaired) electrons. The first-order valence-corrected chi connectivity index (χ1v) is 12.1. The Morgan fingerprint density at radius 2 is 1.03 bits per heavy atom. The zero-order chi connectivity index (χ0) is 24.2. The normalized spacial score (nSPS) is 13.0. The van der Waals surface area contributed by atoms with Gasteiger partial charge in [-0.2, -0.15) is 0 Å². The van der Waals surface area contributed by atoms with Crippen molar-refractivity contribution < 1.29 is 0 Å². The van der Waals surface area contributed by atoms with Crippen LogP contribution in [0, 0.1) is 0 Å². The van der Waals surface area contributed by atoms with Crippen molar-refractivity contribution in [2.75, 3.05) is 4.90 Å². The van der Waals surface area contributed by atoms with E-state index in [1.165, 1.54) is 44.0 Å². The number of fused-ring (bicyclic) bond motifs is 3. The van der Waals surface area contributed by atoms with Crippen LogP contribution < -0.4 is 4.90 Å². The van der Waals surface area contributed by atoms with E-state index in [9.17, 15) is 0 Å². The Balaban J connectivity index is 1.95. The van der Waals surface area contributed by atoms with Crippen LogP contribution >= 0.6 is 0 Å². The fourth-order valence-corrected chi connectivity index (χ4v) is 4.67. The molecule has 0 aliphatic heterocycles. The van der Waals surface area contributed by atoms with Crippen LogP contribution in [0.15, 0.2) is 72.8 Å². The highest BCUT2D eigenvalue weighted by molar-refractivity contribution is 6.08. The molecule has 0 heterocycles. The third-order valence-electron chi connectivity index (χ3n) is 6.57. The van der Waals surface area contributed by atoms with E-state index in [1.807, 2.05) is 0 Å². The lowest BCUT2D eigenvalue weighted by Crippen LogP contribution is -2.38. The van der Waals surface area contributed by atoms with Gasteiger partial charge >= 0.3 is 0 Å². The highest BCUT2D eigenvalue weighted by Gasteiger charge is 2.28. The van der Waals surface area contributed by atoms with Gasteiger partial charge in [0.1, 0.15) is 0 Å². The Morgan fingerprint density at radius 1 is 0.485 bits per heavy atom. The molecule has 0 amide bonds. The van der Waals surface area contributed by atoms with Gasteiger partial charge in [0, 0.05) is 16.9 Å². The SMILES string of the molecule is CC(C)(C)c1cc(N(c2ccc3c(ccc4ccccc43)c2)C(C)(C)C)cc(C(C)(C)C)c1. The Bertz CT molecular complexity index is 1270. The highest BCUT2D eigenvalue weighted by Crippen LogP contribution is 2.40. The molecule has 33 heavy (non-hydrogen) atoms. The molecule has 1 nitrogen and oxygen atoms in total. The molecule has 4 aromatic rings. The average molecular weight is 438 g/mol. The van der Waals surface area contributed by atoms with Gasteiger partial charge in [0.15, 0.2) is 0 Å². The molecule has 0 aromatic heterocycles. The molecule has 0 N–H and O–H groups in total. The quantitative estimate of drug-likeness (QED) is 0.282. The average Bonchev–Trinajstić information content (AvgIpc) is 2.71. The lowest BCUT2D eigenvalue weighted by atomic mass is 9.80. The largest absolute Gasteiger partial charge is 0.336 e. The summed E-state index contributed by atoms with van der Waals surface area (Å²) in [7, 11) is 0. The topological polar surface area (TPSA) is 3.24 Å². The molecular weight excluding hydrogens is 398 g/mol. The predicted molar refractivity (Wildman–Crippen MR) is 147 cm³/mol. The van der Waals surface area contributed by atoms with Crippen molar-refractivity contribution in [1.82, 2.24) is 0 Å². The highest BCUT2D eigenvalue weighted by atomic mass is 15.2. The van der Waals surface area contributed by atoms with Crippen molar-refractivity contribution >= 4 is 32.9 Å². The molecule has 4 aromatic carbocycles. The monoisotopic (exact) mass is 437 g/mol. The second-order valence-electron chi connectivity index (χ2n) is 12.5. The summed E-state index contributed by atoms with van der Waals surface area (Å²) >= 11 is 0. The Hall–Kier alpha value is -2.80. The summed E-state index contributed by atoms with van der Waals surface area (Å²) in [4.78, 5) is 2.51. The van der Waals surface area contributed by atoms with Gasteiger partial charge in [0.2, 0.25) is 0 Å². The number of anilines is 2. The van der Waals surface area contributed by atoms with Gasteiger partial charge in [-0.25, -0.2) is 0 Å². The fourth-order valence-electron chi connectivity index (χ4n) is 4.67. The van der Waals surface area contributed by atoms with Crippen LogP contribution in [0.5, 0.6) is 0 Å². The third-order valence-corrected chi connectivity index (χ3v) is 6.57. The fraction of sp³-hybridized carbons (Fsp3) is 0.375. The molecule has 0 fully saturated rings. The van der Waals surface area contributed by atoms with Gasteiger partial charge < -0.3 is 4.90 Å². The second-order valence-corrected chi connectivity index (χ2v) is 12.5. The molecule has 0 atom stereocenters. The maximum Gasteiger partial charge on any atom is 0.0422 e. The number of rotatable bonds is 2. The molecule has 0 aliphatic carbocycles. The number of hydrogen-bond donors (Lipinski definition) is 0. The Labute approximate surface area is 200 Å². The summed E-state index contributed by atoms with van der Waals surface area (Å²) in [6.45, 7) is 20.8. The van der Waals surface area contributed by atoms with E-state index in [-0.39, 0.29) is 16.4 Å². The van der Waals surface area contributed by atoms with Crippen LogP contribution in [0.25, 0.3) is 21.5 Å². The van der Waals surface area contributed by atoms with Gasteiger partial charge in [0.05, 0.1) is 0 Å². The van der Waals surface area contributed by atoms with Crippen molar-refractivity contribution in [1.29, 1.82) is 0 Å². The number of nitrogens with zero attached hydrogens (tertiary/aromatic N) is 1. The van der Waals surface area contributed by atoms with E-state index in [0.29, 0.717) is 0 Å². The summed E-state index contributed by atoms with van der Waals surface area (Å²) < 4.78 is 0. The van der Waals surface area contributed by atoms with Crippen LogP contribution in [0.3, 0.4) is 0 Å². The van der Waals surface area contributed by atoms with Crippen LogP contribution in [-0.4, -0.2) is 5.54 Å². The third kappa shape index (κ3) is 4.64. The molecule has 0 bridgehead atoms. The van der Waals surface area contributed by atoms with Crippen molar-refractivity contribution in [2.24, 2.45) is 0 Å². The zero-order valence-corrected chi connectivity index (χ0v) is 21.9.